The first kappa shape index (κ1) is 11.0. The van der Waals surface area contributed by atoms with Gasteiger partial charge in [-0.25, -0.2) is 0 Å². The summed E-state index contributed by atoms with van der Waals surface area (Å²) in [6, 6.07) is 0.551. The Kier molecular flexibility index (Phi) is 3.71. The molecule has 1 fully saturated rings. The van der Waals surface area contributed by atoms with Crippen LogP contribution in [0.25, 0.3) is 0 Å². The molecule has 0 aromatic heterocycles. The maximum absolute atomic E-state index is 5.86. The Balaban J connectivity index is 2.72. The Morgan fingerprint density at radius 1 is 1.54 bits per heavy atom. The Morgan fingerprint density at radius 2 is 2.23 bits per heavy atom. The molecule has 0 spiro atoms. The van der Waals surface area contributed by atoms with Crippen LogP contribution < -0.4 is 5.73 Å². The summed E-state index contributed by atoms with van der Waals surface area (Å²) < 4.78 is 5.46. The molecule has 1 aliphatic rings. The summed E-state index contributed by atoms with van der Waals surface area (Å²) in [5.41, 5.74) is 5.98. The van der Waals surface area contributed by atoms with Gasteiger partial charge in [0.2, 0.25) is 0 Å². The first-order chi connectivity index (χ1) is 6.16. The Bertz CT molecular complexity index is 153. The molecule has 1 rings (SSSR count). The van der Waals surface area contributed by atoms with Gasteiger partial charge in [0.15, 0.2) is 0 Å². The van der Waals surface area contributed by atoms with Crippen LogP contribution in [-0.2, 0) is 4.74 Å². The molecule has 0 saturated carbocycles. The lowest BCUT2D eigenvalue weighted by atomic mass is 9.95. The molecular formula is C10H22N2O. The lowest BCUT2D eigenvalue weighted by Gasteiger charge is -2.41. The number of rotatable bonds is 4. The normalized spacial score (nSPS) is 29.1. The van der Waals surface area contributed by atoms with Crippen LogP contribution in [0, 0.1) is 0 Å². The van der Waals surface area contributed by atoms with Crippen LogP contribution in [0.5, 0.6) is 0 Å². The second-order valence-electron chi connectivity index (χ2n) is 4.11. The summed E-state index contributed by atoms with van der Waals surface area (Å²) in [7, 11) is 0. The first-order valence-electron chi connectivity index (χ1n) is 5.21. The van der Waals surface area contributed by atoms with Crippen LogP contribution in [0.3, 0.4) is 0 Å². The minimum atomic E-state index is 0.114. The monoisotopic (exact) mass is 186 g/mol. The summed E-state index contributed by atoms with van der Waals surface area (Å²) in [6.07, 6.45) is 1.08. The van der Waals surface area contributed by atoms with E-state index in [9.17, 15) is 0 Å². The van der Waals surface area contributed by atoms with Crippen molar-refractivity contribution in [1.29, 1.82) is 0 Å². The molecule has 1 atom stereocenters. The summed E-state index contributed by atoms with van der Waals surface area (Å²) in [6.45, 7) is 10.1. The summed E-state index contributed by atoms with van der Waals surface area (Å²) >= 11 is 0. The SMILES string of the molecule is CCN(C(C)C)C1(CN)CCOC1. The van der Waals surface area contributed by atoms with Gasteiger partial charge >= 0.3 is 0 Å². The van der Waals surface area contributed by atoms with E-state index in [1.807, 2.05) is 0 Å². The van der Waals surface area contributed by atoms with Gasteiger partial charge in [0.25, 0.3) is 0 Å². The van der Waals surface area contributed by atoms with Crippen LogP contribution in [0.1, 0.15) is 27.2 Å². The predicted octanol–water partition coefficient (Wildman–Crippen LogP) is 0.834. The number of nitrogens with zero attached hydrogens (tertiary/aromatic N) is 1. The third-order valence-electron chi connectivity index (χ3n) is 3.04. The zero-order valence-electron chi connectivity index (χ0n) is 9.05. The van der Waals surface area contributed by atoms with E-state index in [-0.39, 0.29) is 5.54 Å². The van der Waals surface area contributed by atoms with E-state index >= 15 is 0 Å². The molecule has 1 heterocycles. The Hall–Kier alpha value is -0.120. The fourth-order valence-corrected chi connectivity index (χ4v) is 2.35. The van der Waals surface area contributed by atoms with Crippen molar-refractivity contribution in [3.63, 3.8) is 0 Å². The fraction of sp³-hybridized carbons (Fsp3) is 1.00. The van der Waals surface area contributed by atoms with E-state index < -0.39 is 0 Å². The van der Waals surface area contributed by atoms with Crippen LogP contribution >= 0.6 is 0 Å². The predicted molar refractivity (Wildman–Crippen MR) is 54.7 cm³/mol. The minimum Gasteiger partial charge on any atom is -0.379 e. The molecule has 1 saturated heterocycles. The van der Waals surface area contributed by atoms with Gasteiger partial charge in [-0.15, -0.1) is 0 Å². The van der Waals surface area contributed by atoms with Gasteiger partial charge in [-0.05, 0) is 26.8 Å². The van der Waals surface area contributed by atoms with Gasteiger partial charge < -0.3 is 10.5 Å². The Morgan fingerprint density at radius 3 is 2.54 bits per heavy atom. The van der Waals surface area contributed by atoms with Crippen molar-refractivity contribution < 1.29 is 4.74 Å². The third-order valence-corrected chi connectivity index (χ3v) is 3.04. The molecule has 0 aliphatic carbocycles. The summed E-state index contributed by atoms with van der Waals surface area (Å²) in [5, 5.41) is 0. The number of nitrogens with two attached hydrogens (primary N) is 1. The van der Waals surface area contributed by atoms with E-state index in [4.69, 9.17) is 10.5 Å². The van der Waals surface area contributed by atoms with Gasteiger partial charge in [0, 0.05) is 19.2 Å². The molecule has 1 unspecified atom stereocenters. The molecule has 0 aromatic carbocycles. The standard InChI is InChI=1S/C10H22N2O/c1-4-12(9(2)3)10(7-11)5-6-13-8-10/h9H,4-8,11H2,1-3H3. The van der Waals surface area contributed by atoms with Gasteiger partial charge in [0.05, 0.1) is 12.1 Å². The van der Waals surface area contributed by atoms with Crippen molar-refractivity contribution in [2.75, 3.05) is 26.3 Å². The zero-order valence-corrected chi connectivity index (χ0v) is 9.05. The van der Waals surface area contributed by atoms with Gasteiger partial charge in [-0.2, -0.15) is 0 Å². The summed E-state index contributed by atoms with van der Waals surface area (Å²) in [5.74, 6) is 0. The zero-order chi connectivity index (χ0) is 9.90. The number of hydrogen-bond donors (Lipinski definition) is 1. The van der Waals surface area contributed by atoms with Crippen LogP contribution in [0.4, 0.5) is 0 Å². The van der Waals surface area contributed by atoms with Gasteiger partial charge in [-0.3, -0.25) is 4.90 Å². The molecule has 13 heavy (non-hydrogen) atoms. The quantitative estimate of drug-likeness (QED) is 0.707. The van der Waals surface area contributed by atoms with Crippen LogP contribution in [0.15, 0.2) is 0 Å². The van der Waals surface area contributed by atoms with E-state index in [1.165, 1.54) is 0 Å². The highest BCUT2D eigenvalue weighted by Crippen LogP contribution is 2.26. The summed E-state index contributed by atoms with van der Waals surface area (Å²) in [4.78, 5) is 2.46. The molecule has 3 heteroatoms. The van der Waals surface area contributed by atoms with Crippen LogP contribution in [0.2, 0.25) is 0 Å². The van der Waals surface area contributed by atoms with Crippen molar-refractivity contribution in [2.45, 2.75) is 38.8 Å². The molecule has 78 valence electrons. The van der Waals surface area contributed by atoms with Crippen molar-refractivity contribution in [3.8, 4) is 0 Å². The second-order valence-corrected chi connectivity index (χ2v) is 4.11. The smallest absolute Gasteiger partial charge is 0.0663 e. The number of likely N-dealkylation sites (N-methyl/N-ethyl adjacent to an activating group) is 1. The molecule has 0 aromatic rings. The average molecular weight is 186 g/mol. The minimum absolute atomic E-state index is 0.114. The molecule has 3 nitrogen and oxygen atoms in total. The maximum atomic E-state index is 5.86. The molecule has 0 bridgehead atoms. The largest absolute Gasteiger partial charge is 0.379 e. The Labute approximate surface area is 81.2 Å². The first-order valence-corrected chi connectivity index (χ1v) is 5.21. The highest BCUT2D eigenvalue weighted by molar-refractivity contribution is 4.95. The maximum Gasteiger partial charge on any atom is 0.0663 e. The lowest BCUT2D eigenvalue weighted by molar-refractivity contribution is 0.0516. The number of hydrogen-bond acceptors (Lipinski definition) is 3. The highest BCUT2D eigenvalue weighted by atomic mass is 16.5. The van der Waals surface area contributed by atoms with Crippen molar-refractivity contribution in [2.24, 2.45) is 5.73 Å². The van der Waals surface area contributed by atoms with Gasteiger partial charge in [0.1, 0.15) is 0 Å². The average Bonchev–Trinajstić information content (AvgIpc) is 2.55. The second kappa shape index (κ2) is 4.40. The molecular weight excluding hydrogens is 164 g/mol. The molecule has 0 radical (unpaired) electrons. The van der Waals surface area contributed by atoms with E-state index in [0.29, 0.717) is 12.6 Å². The third kappa shape index (κ3) is 2.03. The lowest BCUT2D eigenvalue weighted by Crippen LogP contribution is -2.57. The van der Waals surface area contributed by atoms with Crippen molar-refractivity contribution >= 4 is 0 Å². The fourth-order valence-electron chi connectivity index (χ4n) is 2.35. The number of ether oxygens (including phenoxy) is 1. The van der Waals surface area contributed by atoms with E-state index in [2.05, 4.69) is 25.7 Å². The highest BCUT2D eigenvalue weighted by Gasteiger charge is 2.39. The van der Waals surface area contributed by atoms with Gasteiger partial charge in [-0.1, -0.05) is 6.92 Å². The van der Waals surface area contributed by atoms with Crippen LogP contribution in [-0.4, -0.2) is 42.8 Å². The molecule has 1 aliphatic heterocycles. The van der Waals surface area contributed by atoms with E-state index in [0.717, 1.165) is 26.2 Å². The molecule has 0 amide bonds. The van der Waals surface area contributed by atoms with Crippen molar-refractivity contribution in [3.05, 3.63) is 0 Å². The van der Waals surface area contributed by atoms with Crippen molar-refractivity contribution in [1.82, 2.24) is 4.90 Å². The topological polar surface area (TPSA) is 38.5 Å². The molecule has 2 N–H and O–H groups in total. The van der Waals surface area contributed by atoms with E-state index in [1.54, 1.807) is 0 Å².